The zero-order valence-electron chi connectivity index (χ0n) is 20.7. The number of aryl methyl sites for hydroxylation is 1. The Hall–Kier alpha value is -2.29. The van der Waals surface area contributed by atoms with Gasteiger partial charge in [0.2, 0.25) is 21.8 Å². The first-order chi connectivity index (χ1) is 16.4. The monoisotopic (exact) mass is 541 g/mol. The van der Waals surface area contributed by atoms with Crippen molar-refractivity contribution in [1.82, 2.24) is 10.2 Å². The van der Waals surface area contributed by atoms with Crippen molar-refractivity contribution < 1.29 is 18.0 Å². The summed E-state index contributed by atoms with van der Waals surface area (Å²) in [5, 5.41) is 3.58. The first-order valence-electron chi connectivity index (χ1n) is 11.5. The third-order valence-corrected chi connectivity index (χ3v) is 7.70. The van der Waals surface area contributed by atoms with Gasteiger partial charge in [-0.3, -0.25) is 13.9 Å². The molecule has 2 atom stereocenters. The Morgan fingerprint density at radius 3 is 2.09 bits per heavy atom. The summed E-state index contributed by atoms with van der Waals surface area (Å²) in [7, 11) is -3.77. The Morgan fingerprint density at radius 1 is 0.971 bits per heavy atom. The smallest absolute Gasteiger partial charge is 0.244 e. The van der Waals surface area contributed by atoms with Gasteiger partial charge in [-0.25, -0.2) is 8.42 Å². The van der Waals surface area contributed by atoms with E-state index in [4.69, 9.17) is 23.2 Å². The van der Waals surface area contributed by atoms with Crippen LogP contribution in [0.1, 0.15) is 45.2 Å². The first-order valence-corrected chi connectivity index (χ1v) is 14.1. The van der Waals surface area contributed by atoms with Gasteiger partial charge in [-0.2, -0.15) is 0 Å². The second-order valence-electron chi connectivity index (χ2n) is 8.55. The van der Waals surface area contributed by atoms with Gasteiger partial charge < -0.3 is 10.2 Å². The zero-order chi connectivity index (χ0) is 26.3. The first kappa shape index (κ1) is 28.9. The lowest BCUT2D eigenvalue weighted by Crippen LogP contribution is -2.52. The van der Waals surface area contributed by atoms with Crippen LogP contribution < -0.4 is 9.62 Å². The molecule has 0 aliphatic heterocycles. The highest BCUT2D eigenvalue weighted by Gasteiger charge is 2.30. The number of halogens is 2. The Morgan fingerprint density at radius 2 is 1.57 bits per heavy atom. The zero-order valence-corrected chi connectivity index (χ0v) is 23.0. The number of hydrogen-bond donors (Lipinski definition) is 1. The Balaban J connectivity index is 2.40. The minimum Gasteiger partial charge on any atom is -0.352 e. The summed E-state index contributed by atoms with van der Waals surface area (Å²) in [6.45, 7) is 7.04. The van der Waals surface area contributed by atoms with E-state index in [-0.39, 0.29) is 18.5 Å². The van der Waals surface area contributed by atoms with Gasteiger partial charge in [0.05, 0.1) is 22.0 Å². The molecule has 0 aliphatic carbocycles. The fourth-order valence-corrected chi connectivity index (χ4v) is 4.56. The molecule has 2 amide bonds. The SMILES string of the molecule is CCc1ccc(N(CC(=O)N(Cc2ccc(Cl)c(Cl)c2)C(C)C(=O)NC(C)CC)S(C)(=O)=O)cc1. The highest BCUT2D eigenvalue weighted by molar-refractivity contribution is 7.92. The summed E-state index contributed by atoms with van der Waals surface area (Å²) >= 11 is 12.2. The van der Waals surface area contributed by atoms with E-state index in [1.165, 1.54) is 4.90 Å². The summed E-state index contributed by atoms with van der Waals surface area (Å²) in [6.07, 6.45) is 2.59. The number of nitrogens with one attached hydrogen (secondary N) is 1. The fraction of sp³-hybridized carbons (Fsp3) is 0.440. The minimum absolute atomic E-state index is 0.0528. The van der Waals surface area contributed by atoms with Crippen LogP contribution in [0.3, 0.4) is 0 Å². The Bertz CT molecular complexity index is 1140. The molecule has 192 valence electrons. The molecule has 0 bridgehead atoms. The van der Waals surface area contributed by atoms with Gasteiger partial charge in [-0.05, 0) is 62.1 Å². The predicted molar refractivity (Wildman–Crippen MR) is 142 cm³/mol. The topological polar surface area (TPSA) is 86.8 Å². The molecule has 0 aromatic heterocycles. The summed E-state index contributed by atoms with van der Waals surface area (Å²) < 4.78 is 26.3. The van der Waals surface area contributed by atoms with Crippen LogP contribution in [0.15, 0.2) is 42.5 Å². The van der Waals surface area contributed by atoms with Crippen molar-refractivity contribution in [3.63, 3.8) is 0 Å². The maximum Gasteiger partial charge on any atom is 0.244 e. The predicted octanol–water partition coefficient (Wildman–Crippen LogP) is 4.65. The standard InChI is InChI=1S/C25H33Cl2N3O4S/c1-6-17(3)28-25(32)18(4)29(15-20-10-13-22(26)23(27)14-20)24(31)16-30(35(5,33)34)21-11-8-19(7-2)9-12-21/h8-14,17-18H,6-7,15-16H2,1-5H3,(H,28,32). The second kappa shape index (κ2) is 12.6. The maximum atomic E-state index is 13.5. The maximum absolute atomic E-state index is 13.5. The average Bonchev–Trinajstić information content (AvgIpc) is 2.81. The molecular weight excluding hydrogens is 509 g/mol. The summed E-state index contributed by atoms with van der Waals surface area (Å²) in [4.78, 5) is 27.8. The second-order valence-corrected chi connectivity index (χ2v) is 11.3. The highest BCUT2D eigenvalue weighted by Crippen LogP contribution is 2.24. The number of sulfonamides is 1. The minimum atomic E-state index is -3.77. The van der Waals surface area contributed by atoms with E-state index < -0.39 is 28.5 Å². The van der Waals surface area contributed by atoms with Crippen LogP contribution in [0.25, 0.3) is 0 Å². The number of anilines is 1. The molecule has 0 saturated carbocycles. The molecule has 0 radical (unpaired) electrons. The van der Waals surface area contributed by atoms with Crippen LogP contribution in [-0.2, 0) is 32.6 Å². The Labute approximate surface area is 218 Å². The van der Waals surface area contributed by atoms with Gasteiger partial charge in [0.15, 0.2) is 0 Å². The van der Waals surface area contributed by atoms with Crippen LogP contribution in [0.4, 0.5) is 5.69 Å². The molecule has 2 aromatic rings. The number of amides is 2. The van der Waals surface area contributed by atoms with Crippen molar-refractivity contribution in [2.45, 2.75) is 59.2 Å². The number of nitrogens with zero attached hydrogens (tertiary/aromatic N) is 2. The lowest BCUT2D eigenvalue weighted by molar-refractivity contribution is -0.139. The molecule has 0 fully saturated rings. The normalized spacial score (nSPS) is 13.1. The van der Waals surface area contributed by atoms with E-state index in [9.17, 15) is 18.0 Å². The molecule has 0 saturated heterocycles. The van der Waals surface area contributed by atoms with Gasteiger partial charge in [-0.1, -0.05) is 55.2 Å². The molecule has 0 aliphatic rings. The molecule has 7 nitrogen and oxygen atoms in total. The van der Waals surface area contributed by atoms with E-state index in [0.29, 0.717) is 21.3 Å². The van der Waals surface area contributed by atoms with Crippen LogP contribution in [0, 0.1) is 0 Å². The number of carbonyl (C=O) groups excluding carboxylic acids is 2. The number of rotatable bonds is 11. The van der Waals surface area contributed by atoms with Crippen molar-refractivity contribution in [2.75, 3.05) is 17.1 Å². The molecule has 0 heterocycles. The number of carbonyl (C=O) groups is 2. The van der Waals surface area contributed by atoms with E-state index in [1.807, 2.05) is 32.9 Å². The lowest BCUT2D eigenvalue weighted by atomic mass is 10.1. The summed E-state index contributed by atoms with van der Waals surface area (Å²) in [5.74, 6) is -0.848. The van der Waals surface area contributed by atoms with E-state index >= 15 is 0 Å². The van der Waals surface area contributed by atoms with E-state index in [1.54, 1.807) is 37.3 Å². The summed E-state index contributed by atoms with van der Waals surface area (Å²) in [5.41, 5.74) is 2.09. The van der Waals surface area contributed by atoms with Crippen molar-refractivity contribution in [3.8, 4) is 0 Å². The lowest BCUT2D eigenvalue weighted by Gasteiger charge is -2.32. The molecular formula is C25H33Cl2N3O4S. The quantitative estimate of drug-likeness (QED) is 0.448. The average molecular weight is 543 g/mol. The van der Waals surface area contributed by atoms with Crippen LogP contribution in [-0.4, -0.2) is 50.0 Å². The van der Waals surface area contributed by atoms with E-state index in [0.717, 1.165) is 29.0 Å². The molecule has 2 aromatic carbocycles. The van der Waals surface area contributed by atoms with Gasteiger partial charge in [0, 0.05) is 12.6 Å². The number of benzene rings is 2. The third-order valence-electron chi connectivity index (χ3n) is 5.82. The number of hydrogen-bond acceptors (Lipinski definition) is 4. The van der Waals surface area contributed by atoms with Crippen molar-refractivity contribution in [3.05, 3.63) is 63.6 Å². The van der Waals surface area contributed by atoms with Crippen molar-refractivity contribution >= 4 is 50.7 Å². The van der Waals surface area contributed by atoms with E-state index in [2.05, 4.69) is 5.32 Å². The van der Waals surface area contributed by atoms with Crippen LogP contribution >= 0.6 is 23.2 Å². The summed E-state index contributed by atoms with van der Waals surface area (Å²) in [6, 6.07) is 11.0. The molecule has 0 spiro atoms. The molecule has 10 heteroatoms. The molecule has 1 N–H and O–H groups in total. The molecule has 2 rings (SSSR count). The molecule has 2 unspecified atom stereocenters. The van der Waals surface area contributed by atoms with Crippen LogP contribution in [0.2, 0.25) is 10.0 Å². The van der Waals surface area contributed by atoms with Gasteiger partial charge in [0.1, 0.15) is 12.6 Å². The van der Waals surface area contributed by atoms with Crippen molar-refractivity contribution in [1.29, 1.82) is 0 Å². The fourth-order valence-electron chi connectivity index (χ4n) is 3.39. The van der Waals surface area contributed by atoms with Gasteiger partial charge in [0.25, 0.3) is 0 Å². The van der Waals surface area contributed by atoms with Crippen LogP contribution in [0.5, 0.6) is 0 Å². The third kappa shape index (κ3) is 8.12. The van der Waals surface area contributed by atoms with Crippen molar-refractivity contribution in [2.24, 2.45) is 0 Å². The van der Waals surface area contributed by atoms with Gasteiger partial charge in [-0.15, -0.1) is 0 Å². The highest BCUT2D eigenvalue weighted by atomic mass is 35.5. The largest absolute Gasteiger partial charge is 0.352 e. The molecule has 35 heavy (non-hydrogen) atoms. The van der Waals surface area contributed by atoms with Gasteiger partial charge >= 0.3 is 0 Å². The Kier molecular flexibility index (Phi) is 10.4.